The number of fused-ring (bicyclic) bond motifs is 1. The second-order valence-corrected chi connectivity index (χ2v) is 7.47. The molecule has 0 aliphatic carbocycles. The molecular formula is C14H15N3O2S2. The minimum absolute atomic E-state index is 0.0559. The van der Waals surface area contributed by atoms with E-state index in [-0.39, 0.29) is 11.0 Å². The molecule has 0 fully saturated rings. The van der Waals surface area contributed by atoms with Crippen LogP contribution in [0.15, 0.2) is 38.3 Å². The van der Waals surface area contributed by atoms with Crippen LogP contribution in [0.2, 0.25) is 0 Å². The van der Waals surface area contributed by atoms with Crippen LogP contribution in [0.3, 0.4) is 0 Å². The van der Waals surface area contributed by atoms with E-state index in [1.807, 2.05) is 5.38 Å². The minimum atomic E-state index is -0.0568. The SMILES string of the molecule is CC(C)(C)c1cnc(SCc2cc(=O)n3ccsc3n2)o1. The number of thioether (sulfide) groups is 1. The predicted octanol–water partition coefficient (Wildman–Crippen LogP) is 3.33. The summed E-state index contributed by atoms with van der Waals surface area (Å²) in [5, 5.41) is 2.46. The molecule has 0 atom stereocenters. The Hall–Kier alpha value is -1.60. The Morgan fingerprint density at radius 2 is 2.24 bits per heavy atom. The van der Waals surface area contributed by atoms with Crippen molar-refractivity contribution < 1.29 is 4.42 Å². The van der Waals surface area contributed by atoms with E-state index in [4.69, 9.17) is 4.42 Å². The fraction of sp³-hybridized carbons (Fsp3) is 0.357. The van der Waals surface area contributed by atoms with Gasteiger partial charge in [-0.15, -0.1) is 11.3 Å². The summed E-state index contributed by atoms with van der Waals surface area (Å²) in [6.07, 6.45) is 3.49. The molecule has 21 heavy (non-hydrogen) atoms. The van der Waals surface area contributed by atoms with E-state index in [0.29, 0.717) is 15.9 Å². The number of hydrogen-bond acceptors (Lipinski definition) is 6. The predicted molar refractivity (Wildman–Crippen MR) is 84.1 cm³/mol. The third-order valence-electron chi connectivity index (χ3n) is 2.92. The van der Waals surface area contributed by atoms with Gasteiger partial charge in [0.2, 0.25) is 0 Å². The smallest absolute Gasteiger partial charge is 0.258 e. The summed E-state index contributed by atoms with van der Waals surface area (Å²) in [5.74, 6) is 1.42. The fourth-order valence-corrected chi connectivity index (χ4v) is 3.20. The highest BCUT2D eigenvalue weighted by Gasteiger charge is 2.19. The molecule has 3 rings (SSSR count). The van der Waals surface area contributed by atoms with Crippen molar-refractivity contribution in [3.8, 4) is 0 Å². The highest BCUT2D eigenvalue weighted by Crippen LogP contribution is 2.28. The van der Waals surface area contributed by atoms with E-state index in [1.54, 1.807) is 22.9 Å². The first kappa shape index (κ1) is 14.3. The van der Waals surface area contributed by atoms with E-state index < -0.39 is 0 Å². The third-order valence-corrected chi connectivity index (χ3v) is 4.56. The third kappa shape index (κ3) is 3.03. The largest absolute Gasteiger partial charge is 0.436 e. The van der Waals surface area contributed by atoms with Crippen LogP contribution in [-0.2, 0) is 11.2 Å². The summed E-state index contributed by atoms with van der Waals surface area (Å²) in [5.41, 5.74) is 0.626. The lowest BCUT2D eigenvalue weighted by molar-refractivity contribution is 0.355. The zero-order chi connectivity index (χ0) is 15.0. The average Bonchev–Trinajstić information content (AvgIpc) is 3.04. The van der Waals surface area contributed by atoms with Gasteiger partial charge in [0.05, 0.1) is 11.9 Å². The van der Waals surface area contributed by atoms with Crippen molar-refractivity contribution in [2.45, 2.75) is 37.2 Å². The van der Waals surface area contributed by atoms with Crippen LogP contribution in [0, 0.1) is 0 Å². The lowest BCUT2D eigenvalue weighted by atomic mass is 9.94. The van der Waals surface area contributed by atoms with Crippen LogP contribution in [0.1, 0.15) is 32.2 Å². The Morgan fingerprint density at radius 1 is 1.43 bits per heavy atom. The maximum atomic E-state index is 11.9. The summed E-state index contributed by atoms with van der Waals surface area (Å²) in [4.78, 5) is 21.3. The van der Waals surface area contributed by atoms with Crippen molar-refractivity contribution in [3.63, 3.8) is 0 Å². The van der Waals surface area contributed by atoms with Gasteiger partial charge in [-0.1, -0.05) is 32.5 Å². The lowest BCUT2D eigenvalue weighted by Gasteiger charge is -2.12. The van der Waals surface area contributed by atoms with E-state index in [0.717, 1.165) is 11.5 Å². The molecule has 0 radical (unpaired) electrons. The summed E-state index contributed by atoms with van der Waals surface area (Å²) in [6, 6.07) is 1.56. The number of hydrogen-bond donors (Lipinski definition) is 0. The van der Waals surface area contributed by atoms with Crippen LogP contribution in [0.4, 0.5) is 0 Å². The highest BCUT2D eigenvalue weighted by atomic mass is 32.2. The molecule has 3 aromatic heterocycles. The average molecular weight is 321 g/mol. The van der Waals surface area contributed by atoms with E-state index in [9.17, 15) is 4.79 Å². The van der Waals surface area contributed by atoms with Crippen molar-refractivity contribution in [1.29, 1.82) is 0 Å². The van der Waals surface area contributed by atoms with Crippen LogP contribution >= 0.6 is 23.1 Å². The van der Waals surface area contributed by atoms with E-state index >= 15 is 0 Å². The van der Waals surface area contributed by atoms with Crippen molar-refractivity contribution in [2.24, 2.45) is 0 Å². The van der Waals surface area contributed by atoms with Gasteiger partial charge in [0, 0.05) is 28.8 Å². The second kappa shape index (κ2) is 5.31. The van der Waals surface area contributed by atoms with Gasteiger partial charge in [0.15, 0.2) is 4.96 Å². The summed E-state index contributed by atoms with van der Waals surface area (Å²) in [6.45, 7) is 6.24. The van der Waals surface area contributed by atoms with Crippen molar-refractivity contribution in [2.75, 3.05) is 0 Å². The molecule has 0 N–H and O–H groups in total. The molecule has 0 unspecified atom stereocenters. The topological polar surface area (TPSA) is 60.4 Å². The van der Waals surface area contributed by atoms with E-state index in [1.165, 1.54) is 23.1 Å². The molecule has 0 saturated heterocycles. The number of oxazole rings is 1. The zero-order valence-electron chi connectivity index (χ0n) is 12.0. The van der Waals surface area contributed by atoms with Gasteiger partial charge in [-0.05, 0) is 0 Å². The normalized spacial score (nSPS) is 12.1. The number of thiazole rings is 1. The van der Waals surface area contributed by atoms with Crippen LogP contribution in [0.25, 0.3) is 4.96 Å². The summed E-state index contributed by atoms with van der Waals surface area (Å²) >= 11 is 2.89. The molecule has 110 valence electrons. The van der Waals surface area contributed by atoms with Crippen molar-refractivity contribution >= 4 is 28.1 Å². The van der Waals surface area contributed by atoms with E-state index in [2.05, 4.69) is 30.7 Å². The number of rotatable bonds is 3. The van der Waals surface area contributed by atoms with Gasteiger partial charge < -0.3 is 4.42 Å². The Kier molecular flexibility index (Phi) is 3.62. The molecule has 0 saturated carbocycles. The van der Waals surface area contributed by atoms with Gasteiger partial charge >= 0.3 is 0 Å². The Bertz CT molecular complexity index is 826. The molecule has 3 heterocycles. The molecule has 0 spiro atoms. The molecule has 0 amide bonds. The fourth-order valence-electron chi connectivity index (χ4n) is 1.77. The highest BCUT2D eigenvalue weighted by molar-refractivity contribution is 7.98. The first-order valence-electron chi connectivity index (χ1n) is 6.48. The number of aromatic nitrogens is 3. The Morgan fingerprint density at radius 3 is 2.95 bits per heavy atom. The van der Waals surface area contributed by atoms with Crippen molar-refractivity contribution in [3.05, 3.63) is 45.6 Å². The van der Waals surface area contributed by atoms with Gasteiger partial charge in [0.1, 0.15) is 5.76 Å². The van der Waals surface area contributed by atoms with Gasteiger partial charge in [0.25, 0.3) is 10.8 Å². The maximum Gasteiger partial charge on any atom is 0.258 e. The lowest BCUT2D eigenvalue weighted by Crippen LogP contribution is -2.12. The summed E-state index contributed by atoms with van der Waals surface area (Å²) < 4.78 is 7.26. The maximum absolute atomic E-state index is 11.9. The second-order valence-electron chi connectivity index (χ2n) is 5.67. The molecular weight excluding hydrogens is 306 g/mol. The first-order chi connectivity index (χ1) is 9.93. The standard InChI is InChI=1S/C14H15N3O2S2/c1-14(2,3)10-7-15-13(19-10)21-8-9-6-11(18)17-4-5-20-12(17)16-9/h4-7H,8H2,1-3H3. The Labute approximate surface area is 130 Å². The van der Waals surface area contributed by atoms with Gasteiger partial charge in [-0.2, -0.15) is 0 Å². The van der Waals surface area contributed by atoms with Gasteiger partial charge in [-0.3, -0.25) is 9.20 Å². The Balaban J connectivity index is 1.77. The monoisotopic (exact) mass is 321 g/mol. The first-order valence-corrected chi connectivity index (χ1v) is 8.35. The van der Waals surface area contributed by atoms with Crippen LogP contribution < -0.4 is 5.56 Å². The molecule has 7 heteroatoms. The molecule has 0 aliphatic heterocycles. The van der Waals surface area contributed by atoms with Gasteiger partial charge in [-0.25, -0.2) is 9.97 Å². The van der Waals surface area contributed by atoms with Crippen LogP contribution in [-0.4, -0.2) is 14.4 Å². The molecule has 0 aromatic carbocycles. The zero-order valence-corrected chi connectivity index (χ0v) is 13.6. The molecule has 0 aliphatic rings. The minimum Gasteiger partial charge on any atom is -0.436 e. The van der Waals surface area contributed by atoms with Crippen molar-refractivity contribution in [1.82, 2.24) is 14.4 Å². The molecule has 3 aromatic rings. The van der Waals surface area contributed by atoms with Crippen LogP contribution in [0.5, 0.6) is 0 Å². The molecule has 0 bridgehead atoms. The summed E-state index contributed by atoms with van der Waals surface area (Å²) in [7, 11) is 0. The molecule has 5 nitrogen and oxygen atoms in total. The number of nitrogens with zero attached hydrogens (tertiary/aromatic N) is 3. The quantitative estimate of drug-likeness (QED) is 0.692.